The van der Waals surface area contributed by atoms with E-state index < -0.39 is 0 Å². The van der Waals surface area contributed by atoms with E-state index in [2.05, 4.69) is 29.5 Å². The molecule has 2 aromatic carbocycles. The van der Waals surface area contributed by atoms with Crippen molar-refractivity contribution in [2.24, 2.45) is 0 Å². The summed E-state index contributed by atoms with van der Waals surface area (Å²) in [5.41, 5.74) is 4.65. The number of hydrogen-bond donors (Lipinski definition) is 1. The minimum absolute atomic E-state index is 0.0417. The molecule has 0 aliphatic heterocycles. The van der Waals surface area contributed by atoms with Crippen LogP contribution in [0.5, 0.6) is 11.5 Å². The monoisotopic (exact) mass is 407 g/mol. The number of aromatic nitrogens is 2. The van der Waals surface area contributed by atoms with Crippen LogP contribution in [0.4, 0.5) is 5.69 Å². The molecule has 0 radical (unpaired) electrons. The number of amides is 1. The Bertz CT molecular complexity index is 976. The van der Waals surface area contributed by atoms with Crippen molar-refractivity contribution in [1.82, 2.24) is 9.78 Å². The molecule has 0 aliphatic carbocycles. The van der Waals surface area contributed by atoms with Crippen molar-refractivity contribution in [2.45, 2.75) is 40.5 Å². The van der Waals surface area contributed by atoms with E-state index in [1.807, 2.05) is 61.9 Å². The number of aryl methyl sites for hydroxylation is 2. The number of rotatable bonds is 9. The quantitative estimate of drug-likeness (QED) is 0.507. The average molecular weight is 408 g/mol. The number of anilines is 1. The minimum atomic E-state index is -0.0417. The van der Waals surface area contributed by atoms with Crippen molar-refractivity contribution in [3.63, 3.8) is 0 Å². The van der Waals surface area contributed by atoms with Gasteiger partial charge in [-0.15, -0.1) is 0 Å². The molecule has 30 heavy (non-hydrogen) atoms. The smallest absolute Gasteiger partial charge is 0.224 e. The maximum Gasteiger partial charge on any atom is 0.224 e. The number of carbonyl (C=O) groups excluding carboxylic acids is 1. The molecule has 0 atom stereocenters. The Kier molecular flexibility index (Phi) is 7.12. The van der Waals surface area contributed by atoms with Crippen molar-refractivity contribution in [3.05, 3.63) is 65.5 Å². The Labute approximate surface area is 177 Å². The molecule has 0 fully saturated rings. The molecule has 1 amide bonds. The third-order valence-electron chi connectivity index (χ3n) is 4.79. The van der Waals surface area contributed by atoms with E-state index in [1.165, 1.54) is 5.56 Å². The van der Waals surface area contributed by atoms with Crippen LogP contribution in [0.25, 0.3) is 5.69 Å². The second-order valence-electron chi connectivity index (χ2n) is 7.20. The number of hydrogen-bond acceptors (Lipinski definition) is 4. The van der Waals surface area contributed by atoms with Gasteiger partial charge < -0.3 is 14.8 Å². The van der Waals surface area contributed by atoms with E-state index in [9.17, 15) is 4.79 Å². The lowest BCUT2D eigenvalue weighted by Gasteiger charge is -2.09. The van der Waals surface area contributed by atoms with Crippen LogP contribution < -0.4 is 14.8 Å². The summed E-state index contributed by atoms with van der Waals surface area (Å²) in [7, 11) is 0. The molecule has 0 aliphatic rings. The van der Waals surface area contributed by atoms with Crippen LogP contribution >= 0.6 is 0 Å². The molecule has 0 saturated carbocycles. The number of ether oxygens (including phenoxy) is 2. The summed E-state index contributed by atoms with van der Waals surface area (Å²) in [5, 5.41) is 7.59. The maximum absolute atomic E-state index is 12.4. The molecule has 0 saturated heterocycles. The van der Waals surface area contributed by atoms with Crippen LogP contribution in [0, 0.1) is 20.8 Å². The summed E-state index contributed by atoms with van der Waals surface area (Å²) < 4.78 is 13.0. The molecular formula is C24H29N3O3. The third-order valence-corrected chi connectivity index (χ3v) is 4.79. The van der Waals surface area contributed by atoms with Gasteiger partial charge in [0.25, 0.3) is 0 Å². The third kappa shape index (κ3) is 5.41. The highest BCUT2D eigenvalue weighted by molar-refractivity contribution is 5.92. The normalized spacial score (nSPS) is 10.7. The van der Waals surface area contributed by atoms with Gasteiger partial charge in [-0.25, -0.2) is 4.68 Å². The molecule has 6 nitrogen and oxygen atoms in total. The van der Waals surface area contributed by atoms with Gasteiger partial charge in [-0.1, -0.05) is 17.7 Å². The number of carbonyl (C=O) groups is 1. The van der Waals surface area contributed by atoms with E-state index in [1.54, 1.807) is 0 Å². The summed E-state index contributed by atoms with van der Waals surface area (Å²) in [6.07, 6.45) is 1.01. The van der Waals surface area contributed by atoms with Gasteiger partial charge in [-0.05, 0) is 70.5 Å². The number of nitrogens with zero attached hydrogens (tertiary/aromatic N) is 2. The Morgan fingerprint density at radius 1 is 0.967 bits per heavy atom. The number of benzene rings is 2. The molecule has 0 unspecified atom stereocenters. The van der Waals surface area contributed by atoms with Gasteiger partial charge in [0.15, 0.2) is 0 Å². The average Bonchev–Trinajstić information content (AvgIpc) is 3.01. The van der Waals surface area contributed by atoms with Gasteiger partial charge in [0, 0.05) is 6.42 Å². The number of nitrogens with one attached hydrogen (secondary N) is 1. The highest BCUT2D eigenvalue weighted by Gasteiger charge is 2.15. The zero-order valence-corrected chi connectivity index (χ0v) is 18.1. The van der Waals surface area contributed by atoms with E-state index in [4.69, 9.17) is 9.47 Å². The Hall–Kier alpha value is -3.28. The molecule has 1 heterocycles. The van der Waals surface area contributed by atoms with Crippen molar-refractivity contribution < 1.29 is 14.3 Å². The molecule has 158 valence electrons. The van der Waals surface area contributed by atoms with Gasteiger partial charge in [-0.3, -0.25) is 4.79 Å². The first-order valence-electron chi connectivity index (χ1n) is 10.3. The zero-order chi connectivity index (χ0) is 21.5. The van der Waals surface area contributed by atoms with Crippen LogP contribution in [-0.4, -0.2) is 28.9 Å². The molecule has 1 aromatic heterocycles. The molecule has 0 bridgehead atoms. The zero-order valence-electron chi connectivity index (χ0n) is 18.1. The Morgan fingerprint density at radius 2 is 1.60 bits per heavy atom. The fraction of sp³-hybridized carbons (Fsp3) is 0.333. The standard InChI is InChI=1S/C24H29N3O3/c1-5-29-21-12-14-22(15-13-21)30-16-6-7-23(28)25-24-18(3)26-27(19(24)4)20-10-8-17(2)9-11-20/h8-15H,5-7,16H2,1-4H3,(H,25,28). The lowest BCUT2D eigenvalue weighted by molar-refractivity contribution is -0.116. The first kappa shape index (κ1) is 21.4. The van der Waals surface area contributed by atoms with E-state index in [-0.39, 0.29) is 5.91 Å². The Balaban J connectivity index is 1.50. The SMILES string of the molecule is CCOc1ccc(OCCCC(=O)Nc2c(C)nn(-c3ccc(C)cc3)c2C)cc1. The summed E-state index contributed by atoms with van der Waals surface area (Å²) in [6.45, 7) is 8.98. The molecular weight excluding hydrogens is 378 g/mol. The van der Waals surface area contributed by atoms with E-state index in [0.717, 1.165) is 34.3 Å². The van der Waals surface area contributed by atoms with Gasteiger partial charge in [0.1, 0.15) is 11.5 Å². The van der Waals surface area contributed by atoms with Gasteiger partial charge in [0.2, 0.25) is 5.91 Å². The summed E-state index contributed by atoms with van der Waals surface area (Å²) in [6, 6.07) is 15.7. The first-order chi connectivity index (χ1) is 14.5. The van der Waals surface area contributed by atoms with Crippen molar-refractivity contribution in [2.75, 3.05) is 18.5 Å². The van der Waals surface area contributed by atoms with Crippen LogP contribution in [0.1, 0.15) is 36.7 Å². The molecule has 0 spiro atoms. The first-order valence-corrected chi connectivity index (χ1v) is 10.3. The highest BCUT2D eigenvalue weighted by atomic mass is 16.5. The lowest BCUT2D eigenvalue weighted by Crippen LogP contribution is -2.14. The topological polar surface area (TPSA) is 65.4 Å². The summed E-state index contributed by atoms with van der Waals surface area (Å²) in [5.74, 6) is 1.55. The minimum Gasteiger partial charge on any atom is -0.494 e. The maximum atomic E-state index is 12.4. The fourth-order valence-corrected chi connectivity index (χ4v) is 3.18. The van der Waals surface area contributed by atoms with Crippen LogP contribution in [0.15, 0.2) is 48.5 Å². The largest absolute Gasteiger partial charge is 0.494 e. The molecule has 3 rings (SSSR count). The predicted octanol–water partition coefficient (Wildman–Crippen LogP) is 4.99. The van der Waals surface area contributed by atoms with Crippen molar-refractivity contribution in [3.8, 4) is 17.2 Å². The van der Waals surface area contributed by atoms with Crippen LogP contribution in [-0.2, 0) is 4.79 Å². The van der Waals surface area contributed by atoms with E-state index >= 15 is 0 Å². The second kappa shape index (κ2) is 9.96. The fourth-order valence-electron chi connectivity index (χ4n) is 3.18. The van der Waals surface area contributed by atoms with Gasteiger partial charge >= 0.3 is 0 Å². The van der Waals surface area contributed by atoms with Gasteiger partial charge in [0.05, 0.1) is 36.0 Å². The summed E-state index contributed by atoms with van der Waals surface area (Å²) >= 11 is 0. The predicted molar refractivity (Wildman–Crippen MR) is 119 cm³/mol. The Morgan fingerprint density at radius 3 is 2.23 bits per heavy atom. The van der Waals surface area contributed by atoms with Crippen molar-refractivity contribution >= 4 is 11.6 Å². The second-order valence-corrected chi connectivity index (χ2v) is 7.20. The van der Waals surface area contributed by atoms with E-state index in [0.29, 0.717) is 26.1 Å². The highest BCUT2D eigenvalue weighted by Crippen LogP contribution is 2.23. The van der Waals surface area contributed by atoms with Crippen LogP contribution in [0.3, 0.4) is 0 Å². The molecule has 3 aromatic rings. The molecule has 6 heteroatoms. The van der Waals surface area contributed by atoms with Gasteiger partial charge in [-0.2, -0.15) is 5.10 Å². The van der Waals surface area contributed by atoms with Crippen molar-refractivity contribution in [1.29, 1.82) is 0 Å². The lowest BCUT2D eigenvalue weighted by atomic mass is 10.2. The van der Waals surface area contributed by atoms with Crippen LogP contribution in [0.2, 0.25) is 0 Å². The summed E-state index contributed by atoms with van der Waals surface area (Å²) in [4.78, 5) is 12.4. The molecule has 1 N–H and O–H groups in total.